The Morgan fingerprint density at radius 3 is 2.63 bits per heavy atom. The molecule has 3 nitrogen and oxygen atoms in total. The van der Waals surface area contributed by atoms with E-state index in [0.29, 0.717) is 17.0 Å². The van der Waals surface area contributed by atoms with Crippen molar-refractivity contribution in [3.8, 4) is 28.7 Å². The smallest absolute Gasteiger partial charge is 0.227 e. The first kappa shape index (κ1) is 15.8. The first-order valence-electron chi connectivity index (χ1n) is 9.27. The number of rotatable bonds is 2. The van der Waals surface area contributed by atoms with Crippen molar-refractivity contribution in [2.45, 2.75) is 26.2 Å². The molecule has 5 rings (SSSR count). The SMILES string of the molecule is Cc1c(-c2ccccc2)cccc1-c1nc2cc3c(c(C#N)c2o1)CCC3. The molecule has 0 aliphatic heterocycles. The molecule has 0 amide bonds. The number of oxazole rings is 1. The van der Waals surface area contributed by atoms with Crippen LogP contribution >= 0.6 is 0 Å². The van der Waals surface area contributed by atoms with E-state index in [1.165, 1.54) is 16.7 Å². The molecule has 0 saturated heterocycles. The van der Waals surface area contributed by atoms with Crippen molar-refractivity contribution in [3.63, 3.8) is 0 Å². The standard InChI is InChI=1S/C24H18N2O/c1-15-18(16-7-3-2-4-8-16)10-6-11-19(15)24-26-22-13-17-9-5-12-20(17)21(14-25)23(22)27-24/h2-4,6-8,10-11,13H,5,9,12H2,1H3. The summed E-state index contributed by atoms with van der Waals surface area (Å²) in [6, 6.07) is 21.0. The minimum Gasteiger partial charge on any atom is -0.435 e. The van der Waals surface area contributed by atoms with E-state index in [0.717, 1.165) is 41.5 Å². The molecule has 130 valence electrons. The van der Waals surface area contributed by atoms with Crippen molar-refractivity contribution >= 4 is 11.1 Å². The van der Waals surface area contributed by atoms with Crippen molar-refractivity contribution in [3.05, 3.63) is 76.9 Å². The highest BCUT2D eigenvalue weighted by atomic mass is 16.3. The lowest BCUT2D eigenvalue weighted by Gasteiger charge is -2.09. The molecule has 27 heavy (non-hydrogen) atoms. The highest BCUT2D eigenvalue weighted by Gasteiger charge is 2.22. The second kappa shape index (κ2) is 6.10. The summed E-state index contributed by atoms with van der Waals surface area (Å²) in [6.45, 7) is 2.09. The molecule has 1 aliphatic rings. The Kier molecular flexibility index (Phi) is 3.58. The van der Waals surface area contributed by atoms with Crippen molar-refractivity contribution in [2.24, 2.45) is 0 Å². The zero-order valence-corrected chi connectivity index (χ0v) is 15.1. The summed E-state index contributed by atoms with van der Waals surface area (Å²) in [7, 11) is 0. The van der Waals surface area contributed by atoms with E-state index >= 15 is 0 Å². The Labute approximate surface area is 157 Å². The Balaban J connectivity index is 1.70. The van der Waals surface area contributed by atoms with Gasteiger partial charge in [0.05, 0.1) is 0 Å². The van der Waals surface area contributed by atoms with E-state index in [9.17, 15) is 5.26 Å². The number of hydrogen-bond acceptors (Lipinski definition) is 3. The summed E-state index contributed by atoms with van der Waals surface area (Å²) in [5.74, 6) is 0.584. The van der Waals surface area contributed by atoms with E-state index in [-0.39, 0.29) is 0 Å². The number of hydrogen-bond donors (Lipinski definition) is 0. The lowest BCUT2D eigenvalue weighted by Crippen LogP contribution is -1.89. The predicted molar refractivity (Wildman–Crippen MR) is 106 cm³/mol. The zero-order chi connectivity index (χ0) is 18.4. The monoisotopic (exact) mass is 350 g/mol. The van der Waals surface area contributed by atoms with Gasteiger partial charge in [-0.25, -0.2) is 4.98 Å². The summed E-state index contributed by atoms with van der Waals surface area (Å²) in [4.78, 5) is 4.75. The van der Waals surface area contributed by atoms with Gasteiger partial charge in [-0.05, 0) is 66.1 Å². The molecule has 0 spiro atoms. The minimum atomic E-state index is 0.584. The number of benzene rings is 3. The average molecular weight is 350 g/mol. The maximum Gasteiger partial charge on any atom is 0.227 e. The minimum absolute atomic E-state index is 0.584. The zero-order valence-electron chi connectivity index (χ0n) is 15.1. The maximum atomic E-state index is 9.69. The second-order valence-electron chi connectivity index (χ2n) is 7.07. The molecule has 1 aromatic heterocycles. The third-order valence-electron chi connectivity index (χ3n) is 5.51. The summed E-state index contributed by atoms with van der Waals surface area (Å²) in [5, 5.41) is 9.69. The molecule has 0 saturated carbocycles. The van der Waals surface area contributed by atoms with E-state index in [2.05, 4.69) is 37.3 Å². The van der Waals surface area contributed by atoms with Crippen LogP contribution in [0.15, 0.2) is 59.0 Å². The Morgan fingerprint density at radius 2 is 1.81 bits per heavy atom. The van der Waals surface area contributed by atoms with Gasteiger partial charge in [-0.3, -0.25) is 0 Å². The van der Waals surface area contributed by atoms with E-state index in [1.807, 2.05) is 30.3 Å². The van der Waals surface area contributed by atoms with Crippen LogP contribution in [0.3, 0.4) is 0 Å². The van der Waals surface area contributed by atoms with Gasteiger partial charge < -0.3 is 4.42 Å². The van der Waals surface area contributed by atoms with Crippen LogP contribution in [0, 0.1) is 18.3 Å². The predicted octanol–water partition coefficient (Wildman–Crippen LogP) is 5.83. The molecule has 0 radical (unpaired) electrons. The van der Waals surface area contributed by atoms with E-state index in [4.69, 9.17) is 9.40 Å². The lowest BCUT2D eigenvalue weighted by molar-refractivity contribution is 0.618. The van der Waals surface area contributed by atoms with Gasteiger partial charge in [-0.1, -0.05) is 42.5 Å². The molecular weight excluding hydrogens is 332 g/mol. The van der Waals surface area contributed by atoms with Crippen molar-refractivity contribution < 1.29 is 4.42 Å². The quantitative estimate of drug-likeness (QED) is 0.457. The molecule has 0 unspecified atom stereocenters. The van der Waals surface area contributed by atoms with Gasteiger partial charge in [-0.2, -0.15) is 5.26 Å². The fourth-order valence-corrected chi connectivity index (χ4v) is 4.15. The van der Waals surface area contributed by atoms with Gasteiger partial charge in [-0.15, -0.1) is 0 Å². The first-order chi connectivity index (χ1) is 13.3. The lowest BCUT2D eigenvalue weighted by atomic mass is 9.96. The molecule has 4 aromatic rings. The van der Waals surface area contributed by atoms with Gasteiger partial charge in [0, 0.05) is 5.56 Å². The summed E-state index contributed by atoms with van der Waals surface area (Å²) < 4.78 is 6.14. The van der Waals surface area contributed by atoms with Gasteiger partial charge in [0.1, 0.15) is 17.1 Å². The number of aromatic nitrogens is 1. The maximum absolute atomic E-state index is 9.69. The number of nitrogens with zero attached hydrogens (tertiary/aromatic N) is 2. The third-order valence-corrected chi connectivity index (χ3v) is 5.51. The fraction of sp³-hybridized carbons (Fsp3) is 0.167. The molecular formula is C24H18N2O. The molecule has 0 atom stereocenters. The molecule has 1 heterocycles. The van der Waals surface area contributed by atoms with E-state index in [1.54, 1.807) is 0 Å². The Hall–Kier alpha value is -3.38. The highest BCUT2D eigenvalue weighted by molar-refractivity contribution is 5.86. The van der Waals surface area contributed by atoms with Crippen LogP contribution in [0.5, 0.6) is 0 Å². The van der Waals surface area contributed by atoms with Gasteiger partial charge in [0.25, 0.3) is 0 Å². The molecule has 0 bridgehead atoms. The molecule has 3 heteroatoms. The Bertz CT molecular complexity index is 1210. The molecule has 1 aliphatic carbocycles. The third kappa shape index (κ3) is 2.45. The van der Waals surface area contributed by atoms with Crippen LogP contribution in [0.4, 0.5) is 0 Å². The van der Waals surface area contributed by atoms with Gasteiger partial charge in [0.15, 0.2) is 5.58 Å². The van der Waals surface area contributed by atoms with Crippen molar-refractivity contribution in [1.82, 2.24) is 4.98 Å². The van der Waals surface area contributed by atoms with Crippen LogP contribution in [0.1, 0.15) is 28.7 Å². The number of aryl methyl sites for hydroxylation is 1. The van der Waals surface area contributed by atoms with Gasteiger partial charge in [0.2, 0.25) is 5.89 Å². The van der Waals surface area contributed by atoms with Crippen LogP contribution in [-0.4, -0.2) is 4.98 Å². The van der Waals surface area contributed by atoms with Gasteiger partial charge >= 0.3 is 0 Å². The fourth-order valence-electron chi connectivity index (χ4n) is 4.15. The number of fused-ring (bicyclic) bond motifs is 2. The largest absolute Gasteiger partial charge is 0.435 e. The summed E-state index contributed by atoms with van der Waals surface area (Å²) in [5.41, 5.74) is 8.89. The summed E-state index contributed by atoms with van der Waals surface area (Å²) >= 11 is 0. The summed E-state index contributed by atoms with van der Waals surface area (Å²) in [6.07, 6.45) is 3.07. The van der Waals surface area contributed by atoms with Crippen LogP contribution in [0.25, 0.3) is 33.7 Å². The molecule has 0 N–H and O–H groups in total. The molecule has 3 aromatic carbocycles. The van der Waals surface area contributed by atoms with E-state index < -0.39 is 0 Å². The number of nitriles is 1. The van der Waals surface area contributed by atoms with Crippen molar-refractivity contribution in [1.29, 1.82) is 5.26 Å². The topological polar surface area (TPSA) is 49.8 Å². The molecule has 0 fully saturated rings. The highest BCUT2D eigenvalue weighted by Crippen LogP contribution is 2.36. The van der Waals surface area contributed by atoms with Crippen LogP contribution in [-0.2, 0) is 12.8 Å². The van der Waals surface area contributed by atoms with Crippen LogP contribution < -0.4 is 0 Å². The first-order valence-corrected chi connectivity index (χ1v) is 9.27. The normalized spacial score (nSPS) is 12.9. The van der Waals surface area contributed by atoms with Crippen molar-refractivity contribution in [2.75, 3.05) is 0 Å². The average Bonchev–Trinajstić information content (AvgIpc) is 3.33. The van der Waals surface area contributed by atoms with Crippen LogP contribution in [0.2, 0.25) is 0 Å². The Morgan fingerprint density at radius 1 is 1.00 bits per heavy atom. The second-order valence-corrected chi connectivity index (χ2v) is 7.07.